The Labute approximate surface area is 70.0 Å². The highest BCUT2D eigenvalue weighted by atomic mass is 16.3. The first-order valence-electron chi connectivity index (χ1n) is 3.70. The van der Waals surface area contributed by atoms with Crippen molar-refractivity contribution in [2.24, 2.45) is 0 Å². The number of nitriles is 1. The molecule has 0 N–H and O–H groups in total. The SMILES string of the molecule is Cc1ccc(C#N)c2ccoc12. The summed E-state index contributed by atoms with van der Waals surface area (Å²) in [5, 5.41) is 9.65. The van der Waals surface area contributed by atoms with Crippen LogP contribution in [0.15, 0.2) is 28.9 Å². The molecular weight excluding hydrogens is 150 g/mol. The summed E-state index contributed by atoms with van der Waals surface area (Å²) in [7, 11) is 0. The maximum absolute atomic E-state index is 8.75. The van der Waals surface area contributed by atoms with Crippen molar-refractivity contribution in [2.45, 2.75) is 6.92 Å². The molecular formula is C10H7NO. The molecule has 12 heavy (non-hydrogen) atoms. The van der Waals surface area contributed by atoms with E-state index in [2.05, 4.69) is 6.07 Å². The zero-order chi connectivity index (χ0) is 8.55. The van der Waals surface area contributed by atoms with Gasteiger partial charge in [0.15, 0.2) is 0 Å². The van der Waals surface area contributed by atoms with Gasteiger partial charge >= 0.3 is 0 Å². The summed E-state index contributed by atoms with van der Waals surface area (Å²) in [6, 6.07) is 7.65. The van der Waals surface area contributed by atoms with Crippen molar-refractivity contribution in [1.29, 1.82) is 5.26 Å². The Balaban J connectivity index is 2.94. The van der Waals surface area contributed by atoms with Gasteiger partial charge in [0.05, 0.1) is 17.9 Å². The Hall–Kier alpha value is -1.75. The highest BCUT2D eigenvalue weighted by Gasteiger charge is 2.04. The molecule has 0 aliphatic heterocycles. The van der Waals surface area contributed by atoms with Gasteiger partial charge in [-0.1, -0.05) is 6.07 Å². The molecule has 1 aromatic carbocycles. The quantitative estimate of drug-likeness (QED) is 0.589. The Kier molecular flexibility index (Phi) is 1.38. The topological polar surface area (TPSA) is 36.9 Å². The standard InChI is InChI=1S/C10H7NO/c1-7-2-3-8(6-11)9-4-5-12-10(7)9/h2-5H,1H3. The predicted octanol–water partition coefficient (Wildman–Crippen LogP) is 2.61. The number of hydrogen-bond acceptors (Lipinski definition) is 2. The molecule has 0 bridgehead atoms. The van der Waals surface area contributed by atoms with Crippen LogP contribution < -0.4 is 0 Å². The van der Waals surface area contributed by atoms with E-state index in [-0.39, 0.29) is 0 Å². The van der Waals surface area contributed by atoms with Gasteiger partial charge in [-0.25, -0.2) is 0 Å². The van der Waals surface area contributed by atoms with Gasteiger partial charge in [0.2, 0.25) is 0 Å². The summed E-state index contributed by atoms with van der Waals surface area (Å²) in [5.41, 5.74) is 2.55. The monoisotopic (exact) mass is 157 g/mol. The van der Waals surface area contributed by atoms with Crippen molar-refractivity contribution in [3.8, 4) is 6.07 Å². The summed E-state index contributed by atoms with van der Waals surface area (Å²) < 4.78 is 5.24. The highest BCUT2D eigenvalue weighted by molar-refractivity contribution is 5.85. The summed E-state index contributed by atoms with van der Waals surface area (Å²) in [6.45, 7) is 1.97. The molecule has 0 amide bonds. The molecule has 1 heterocycles. The first-order valence-corrected chi connectivity index (χ1v) is 3.70. The molecule has 2 rings (SSSR count). The van der Waals surface area contributed by atoms with Gasteiger partial charge in [0, 0.05) is 5.39 Å². The Bertz CT molecular complexity index is 462. The van der Waals surface area contributed by atoms with Crippen LogP contribution in [-0.4, -0.2) is 0 Å². The summed E-state index contributed by atoms with van der Waals surface area (Å²) in [5.74, 6) is 0. The largest absolute Gasteiger partial charge is 0.464 e. The van der Waals surface area contributed by atoms with Crippen LogP contribution in [0.3, 0.4) is 0 Å². The molecule has 0 saturated heterocycles. The molecule has 0 unspecified atom stereocenters. The Morgan fingerprint density at radius 1 is 1.33 bits per heavy atom. The van der Waals surface area contributed by atoms with Crippen LogP contribution in [0, 0.1) is 18.3 Å². The smallest absolute Gasteiger partial charge is 0.138 e. The Morgan fingerprint density at radius 2 is 2.17 bits per heavy atom. The minimum absolute atomic E-state index is 0.671. The van der Waals surface area contributed by atoms with E-state index in [0.717, 1.165) is 16.5 Å². The Morgan fingerprint density at radius 3 is 2.92 bits per heavy atom. The van der Waals surface area contributed by atoms with Gasteiger partial charge in [0.1, 0.15) is 5.58 Å². The highest BCUT2D eigenvalue weighted by Crippen LogP contribution is 2.22. The van der Waals surface area contributed by atoms with Crippen LogP contribution >= 0.6 is 0 Å². The van der Waals surface area contributed by atoms with Crippen molar-refractivity contribution in [3.05, 3.63) is 35.6 Å². The third-order valence-electron chi connectivity index (χ3n) is 1.93. The molecule has 0 radical (unpaired) electrons. The fourth-order valence-corrected chi connectivity index (χ4v) is 1.30. The van der Waals surface area contributed by atoms with Crippen LogP contribution in [0.25, 0.3) is 11.0 Å². The number of hydrogen-bond donors (Lipinski definition) is 0. The van der Waals surface area contributed by atoms with Gasteiger partial charge in [-0.2, -0.15) is 5.26 Å². The van der Waals surface area contributed by atoms with Crippen LogP contribution in [0.4, 0.5) is 0 Å². The molecule has 0 spiro atoms. The average Bonchev–Trinajstić information content (AvgIpc) is 2.54. The van der Waals surface area contributed by atoms with Gasteiger partial charge in [-0.3, -0.25) is 0 Å². The number of fused-ring (bicyclic) bond motifs is 1. The van der Waals surface area contributed by atoms with Gasteiger partial charge in [-0.05, 0) is 24.6 Å². The molecule has 0 aliphatic carbocycles. The van der Waals surface area contributed by atoms with Crippen molar-refractivity contribution in [2.75, 3.05) is 0 Å². The lowest BCUT2D eigenvalue weighted by Crippen LogP contribution is -1.78. The van der Waals surface area contributed by atoms with E-state index in [0.29, 0.717) is 5.56 Å². The maximum Gasteiger partial charge on any atom is 0.138 e. The van der Waals surface area contributed by atoms with Crippen LogP contribution in [0.1, 0.15) is 11.1 Å². The minimum atomic E-state index is 0.671. The zero-order valence-electron chi connectivity index (χ0n) is 6.66. The molecule has 0 aliphatic rings. The number of aryl methyl sites for hydroxylation is 1. The fraction of sp³-hybridized carbons (Fsp3) is 0.100. The van der Waals surface area contributed by atoms with Gasteiger partial charge < -0.3 is 4.42 Å². The van der Waals surface area contributed by atoms with Crippen LogP contribution in [-0.2, 0) is 0 Å². The molecule has 0 atom stereocenters. The normalized spacial score (nSPS) is 10.0. The number of nitrogens with zero attached hydrogens (tertiary/aromatic N) is 1. The first-order chi connectivity index (χ1) is 5.83. The minimum Gasteiger partial charge on any atom is -0.464 e. The van der Waals surface area contributed by atoms with E-state index >= 15 is 0 Å². The lowest BCUT2D eigenvalue weighted by atomic mass is 10.1. The van der Waals surface area contributed by atoms with Crippen LogP contribution in [0.5, 0.6) is 0 Å². The number of rotatable bonds is 0. The van der Waals surface area contributed by atoms with E-state index in [1.54, 1.807) is 6.26 Å². The lowest BCUT2D eigenvalue weighted by Gasteiger charge is -1.94. The maximum atomic E-state index is 8.75. The van der Waals surface area contributed by atoms with Crippen LogP contribution in [0.2, 0.25) is 0 Å². The van der Waals surface area contributed by atoms with Crippen molar-refractivity contribution < 1.29 is 4.42 Å². The van der Waals surface area contributed by atoms with E-state index in [1.165, 1.54) is 0 Å². The van der Waals surface area contributed by atoms with Crippen molar-refractivity contribution >= 4 is 11.0 Å². The molecule has 58 valence electrons. The third kappa shape index (κ3) is 0.802. The van der Waals surface area contributed by atoms with Gasteiger partial charge in [0.25, 0.3) is 0 Å². The predicted molar refractivity (Wildman–Crippen MR) is 45.7 cm³/mol. The molecule has 0 saturated carbocycles. The molecule has 1 aromatic heterocycles. The lowest BCUT2D eigenvalue weighted by molar-refractivity contribution is 0.613. The average molecular weight is 157 g/mol. The molecule has 0 fully saturated rings. The third-order valence-corrected chi connectivity index (χ3v) is 1.93. The van der Waals surface area contributed by atoms with E-state index < -0.39 is 0 Å². The molecule has 2 aromatic rings. The van der Waals surface area contributed by atoms with Crippen molar-refractivity contribution in [3.63, 3.8) is 0 Å². The van der Waals surface area contributed by atoms with Gasteiger partial charge in [-0.15, -0.1) is 0 Å². The first kappa shape index (κ1) is 6.93. The van der Waals surface area contributed by atoms with Crippen molar-refractivity contribution in [1.82, 2.24) is 0 Å². The molecule has 2 nitrogen and oxygen atoms in total. The second kappa shape index (κ2) is 2.38. The fourth-order valence-electron chi connectivity index (χ4n) is 1.30. The zero-order valence-corrected chi connectivity index (χ0v) is 6.66. The number of benzene rings is 1. The number of furan rings is 1. The van der Waals surface area contributed by atoms with E-state index in [4.69, 9.17) is 9.68 Å². The second-order valence-corrected chi connectivity index (χ2v) is 2.71. The van der Waals surface area contributed by atoms with E-state index in [1.807, 2.05) is 25.1 Å². The summed E-state index contributed by atoms with van der Waals surface area (Å²) >= 11 is 0. The summed E-state index contributed by atoms with van der Waals surface area (Å²) in [4.78, 5) is 0. The van der Waals surface area contributed by atoms with E-state index in [9.17, 15) is 0 Å². The molecule has 2 heteroatoms. The second-order valence-electron chi connectivity index (χ2n) is 2.71. The summed E-state index contributed by atoms with van der Waals surface area (Å²) in [6.07, 6.45) is 1.61.